The molecule has 5 atom stereocenters. The molecule has 1 heterocycles. The second kappa shape index (κ2) is 6.53. The second-order valence-electron chi connectivity index (χ2n) is 7.70. The first kappa shape index (κ1) is 15.7. The van der Waals surface area contributed by atoms with Crippen LogP contribution >= 0.6 is 0 Å². The highest BCUT2D eigenvalue weighted by molar-refractivity contribution is 5.00. The minimum atomic E-state index is 0.153. The molecule has 5 unspecified atom stereocenters. The third-order valence-corrected chi connectivity index (χ3v) is 6.82. The van der Waals surface area contributed by atoms with E-state index in [-0.39, 0.29) is 5.54 Å². The van der Waals surface area contributed by atoms with E-state index in [0.29, 0.717) is 6.04 Å². The molecule has 0 spiro atoms. The molecule has 0 radical (unpaired) electrons. The zero-order valence-electron chi connectivity index (χ0n) is 13.8. The van der Waals surface area contributed by atoms with Crippen molar-refractivity contribution in [1.82, 2.24) is 10.3 Å². The van der Waals surface area contributed by atoms with Crippen LogP contribution in [0.1, 0.15) is 52.4 Å². The molecular weight excluding hydrogens is 262 g/mol. The summed E-state index contributed by atoms with van der Waals surface area (Å²) in [5, 5.41) is 0. The SMILES string of the molecule is CCC(C)(C(CC1CC2CCC1C2)NN)N1CCOCC1. The summed E-state index contributed by atoms with van der Waals surface area (Å²) in [7, 11) is 0. The predicted molar refractivity (Wildman–Crippen MR) is 85.8 cm³/mol. The summed E-state index contributed by atoms with van der Waals surface area (Å²) in [6.07, 6.45) is 8.28. The van der Waals surface area contributed by atoms with Gasteiger partial charge in [0.1, 0.15) is 0 Å². The van der Waals surface area contributed by atoms with Crippen molar-refractivity contribution in [3.63, 3.8) is 0 Å². The molecule has 0 amide bonds. The fourth-order valence-electron chi connectivity index (χ4n) is 5.23. The summed E-state index contributed by atoms with van der Waals surface area (Å²) < 4.78 is 5.53. The monoisotopic (exact) mass is 295 g/mol. The van der Waals surface area contributed by atoms with E-state index in [9.17, 15) is 0 Å². The van der Waals surface area contributed by atoms with Crippen LogP contribution in [0.4, 0.5) is 0 Å². The second-order valence-corrected chi connectivity index (χ2v) is 7.70. The highest BCUT2D eigenvalue weighted by Crippen LogP contribution is 2.50. The van der Waals surface area contributed by atoms with Gasteiger partial charge in [-0.15, -0.1) is 0 Å². The number of hydrogen-bond acceptors (Lipinski definition) is 4. The van der Waals surface area contributed by atoms with Crippen molar-refractivity contribution in [2.45, 2.75) is 64.0 Å². The van der Waals surface area contributed by atoms with Gasteiger partial charge >= 0.3 is 0 Å². The Bertz CT molecular complexity index is 345. The summed E-state index contributed by atoms with van der Waals surface area (Å²) in [5.41, 5.74) is 3.35. The van der Waals surface area contributed by atoms with Crippen LogP contribution in [-0.4, -0.2) is 42.8 Å². The Kier molecular flexibility index (Phi) is 4.89. The third kappa shape index (κ3) is 3.00. The largest absolute Gasteiger partial charge is 0.379 e. The lowest BCUT2D eigenvalue weighted by Gasteiger charge is -2.48. The maximum Gasteiger partial charge on any atom is 0.0594 e. The molecular formula is C17H33N3O. The number of morpholine rings is 1. The number of ether oxygens (including phenoxy) is 1. The summed E-state index contributed by atoms with van der Waals surface area (Å²) >= 11 is 0. The van der Waals surface area contributed by atoms with Gasteiger partial charge in [0.05, 0.1) is 13.2 Å². The smallest absolute Gasteiger partial charge is 0.0594 e. The van der Waals surface area contributed by atoms with Gasteiger partial charge in [-0.1, -0.05) is 13.3 Å². The van der Waals surface area contributed by atoms with Gasteiger partial charge in [-0.05, 0) is 56.8 Å². The van der Waals surface area contributed by atoms with Gasteiger partial charge in [0, 0.05) is 24.7 Å². The minimum absolute atomic E-state index is 0.153. The van der Waals surface area contributed by atoms with E-state index in [1.807, 2.05) is 0 Å². The van der Waals surface area contributed by atoms with E-state index >= 15 is 0 Å². The van der Waals surface area contributed by atoms with Crippen molar-refractivity contribution in [2.75, 3.05) is 26.3 Å². The van der Waals surface area contributed by atoms with Crippen LogP contribution in [0.15, 0.2) is 0 Å². The molecule has 2 aliphatic carbocycles. The molecule has 2 saturated carbocycles. The molecule has 0 aromatic heterocycles. The molecule has 4 nitrogen and oxygen atoms in total. The van der Waals surface area contributed by atoms with Gasteiger partial charge in [0.2, 0.25) is 0 Å². The van der Waals surface area contributed by atoms with E-state index in [1.165, 1.54) is 32.1 Å². The van der Waals surface area contributed by atoms with Gasteiger partial charge in [-0.2, -0.15) is 0 Å². The fraction of sp³-hybridized carbons (Fsp3) is 1.00. The Hall–Kier alpha value is -0.160. The number of nitrogens with one attached hydrogen (secondary N) is 1. The first-order valence-corrected chi connectivity index (χ1v) is 8.96. The van der Waals surface area contributed by atoms with Crippen molar-refractivity contribution in [3.05, 3.63) is 0 Å². The molecule has 1 aliphatic heterocycles. The first-order valence-electron chi connectivity index (χ1n) is 8.96. The topological polar surface area (TPSA) is 50.5 Å². The lowest BCUT2D eigenvalue weighted by Crippen LogP contribution is -2.63. The zero-order valence-corrected chi connectivity index (χ0v) is 13.8. The Morgan fingerprint density at radius 3 is 2.57 bits per heavy atom. The van der Waals surface area contributed by atoms with Crippen molar-refractivity contribution >= 4 is 0 Å². The van der Waals surface area contributed by atoms with Crippen LogP contribution in [0.2, 0.25) is 0 Å². The van der Waals surface area contributed by atoms with E-state index in [2.05, 4.69) is 24.2 Å². The fourth-order valence-corrected chi connectivity index (χ4v) is 5.23. The van der Waals surface area contributed by atoms with Gasteiger partial charge in [0.15, 0.2) is 0 Å². The van der Waals surface area contributed by atoms with Crippen LogP contribution in [0.5, 0.6) is 0 Å². The zero-order chi connectivity index (χ0) is 14.9. The minimum Gasteiger partial charge on any atom is -0.379 e. The van der Waals surface area contributed by atoms with Gasteiger partial charge < -0.3 is 4.74 Å². The Labute approximate surface area is 129 Å². The molecule has 4 heteroatoms. The van der Waals surface area contributed by atoms with Crippen LogP contribution in [0, 0.1) is 17.8 Å². The number of nitrogens with zero attached hydrogens (tertiary/aromatic N) is 1. The summed E-state index contributed by atoms with van der Waals surface area (Å²) in [5.74, 6) is 8.92. The van der Waals surface area contributed by atoms with Crippen LogP contribution < -0.4 is 11.3 Å². The number of fused-ring (bicyclic) bond motifs is 2. The van der Waals surface area contributed by atoms with E-state index in [1.54, 1.807) is 0 Å². The van der Waals surface area contributed by atoms with Crippen molar-refractivity contribution in [3.8, 4) is 0 Å². The van der Waals surface area contributed by atoms with Gasteiger partial charge in [0.25, 0.3) is 0 Å². The molecule has 2 bridgehead atoms. The first-order chi connectivity index (χ1) is 10.2. The number of nitrogens with two attached hydrogens (primary N) is 1. The van der Waals surface area contributed by atoms with Gasteiger partial charge in [-0.25, -0.2) is 0 Å². The van der Waals surface area contributed by atoms with Crippen LogP contribution in [-0.2, 0) is 4.74 Å². The lowest BCUT2D eigenvalue weighted by molar-refractivity contribution is -0.0365. The highest BCUT2D eigenvalue weighted by atomic mass is 16.5. The van der Waals surface area contributed by atoms with E-state index in [4.69, 9.17) is 10.6 Å². The summed E-state index contributed by atoms with van der Waals surface area (Å²) in [4.78, 5) is 2.61. The quantitative estimate of drug-likeness (QED) is 0.582. The van der Waals surface area contributed by atoms with Crippen molar-refractivity contribution < 1.29 is 4.74 Å². The summed E-state index contributed by atoms with van der Waals surface area (Å²) in [6.45, 7) is 8.51. The van der Waals surface area contributed by atoms with Crippen molar-refractivity contribution in [2.24, 2.45) is 23.6 Å². The average Bonchev–Trinajstić information content (AvgIpc) is 3.15. The molecule has 3 aliphatic rings. The standard InChI is InChI=1S/C17H33N3O/c1-3-17(2,20-6-8-21-9-7-20)16(19-18)12-15-11-13-4-5-14(15)10-13/h13-16,19H,3-12,18H2,1-2H3. The molecule has 3 N–H and O–H groups in total. The molecule has 0 aromatic rings. The van der Waals surface area contributed by atoms with Crippen molar-refractivity contribution in [1.29, 1.82) is 0 Å². The van der Waals surface area contributed by atoms with E-state index < -0.39 is 0 Å². The maximum absolute atomic E-state index is 6.01. The lowest BCUT2D eigenvalue weighted by atomic mass is 9.77. The normalized spacial score (nSPS) is 37.6. The Balaban J connectivity index is 1.67. The van der Waals surface area contributed by atoms with E-state index in [0.717, 1.165) is 50.5 Å². The summed E-state index contributed by atoms with van der Waals surface area (Å²) in [6, 6.07) is 0.393. The molecule has 21 heavy (non-hydrogen) atoms. The predicted octanol–water partition coefficient (Wildman–Crippen LogP) is 2.15. The molecule has 122 valence electrons. The van der Waals surface area contributed by atoms with Crippen LogP contribution in [0.3, 0.4) is 0 Å². The Morgan fingerprint density at radius 1 is 1.29 bits per heavy atom. The van der Waals surface area contributed by atoms with Gasteiger partial charge in [-0.3, -0.25) is 16.2 Å². The Morgan fingerprint density at radius 2 is 2.05 bits per heavy atom. The average molecular weight is 295 g/mol. The number of rotatable bonds is 6. The van der Waals surface area contributed by atoms with Crippen LogP contribution in [0.25, 0.3) is 0 Å². The number of hydrazine groups is 1. The molecule has 1 saturated heterocycles. The molecule has 0 aromatic carbocycles. The maximum atomic E-state index is 6.01. The number of hydrogen-bond donors (Lipinski definition) is 2. The molecule has 3 fully saturated rings. The molecule has 3 rings (SSSR count). The third-order valence-electron chi connectivity index (χ3n) is 6.82. The highest BCUT2D eigenvalue weighted by Gasteiger charge is 2.44.